The number of rotatable bonds is 5. The molecular formula is C25H26O9. The fraction of sp³-hybridized carbons (Fsp3) is 0.360. The number of ether oxygens (including phenoxy) is 3. The molecular weight excluding hydrogens is 444 g/mol. The first-order valence-electron chi connectivity index (χ1n) is 10.5. The second-order valence-electron chi connectivity index (χ2n) is 9.01. The van der Waals surface area contributed by atoms with Crippen LogP contribution in [0.3, 0.4) is 0 Å². The van der Waals surface area contributed by atoms with Gasteiger partial charge in [-0.15, -0.1) is 0 Å². The fourth-order valence-electron chi connectivity index (χ4n) is 3.67. The molecule has 1 aliphatic rings. The van der Waals surface area contributed by atoms with Gasteiger partial charge in [-0.2, -0.15) is 0 Å². The summed E-state index contributed by atoms with van der Waals surface area (Å²) in [5.41, 5.74) is -1.23. The maximum Gasteiger partial charge on any atom is 0.351 e. The second kappa shape index (κ2) is 9.17. The number of allylic oxidation sites excluding steroid dienone is 2. The van der Waals surface area contributed by atoms with Gasteiger partial charge in [0.1, 0.15) is 22.5 Å². The van der Waals surface area contributed by atoms with Crippen LogP contribution in [0.15, 0.2) is 50.7 Å². The molecule has 0 fully saturated rings. The fourth-order valence-corrected chi connectivity index (χ4v) is 3.67. The van der Waals surface area contributed by atoms with Crippen molar-refractivity contribution in [2.75, 3.05) is 0 Å². The SMILES string of the molecule is CC(C)=CC(=O)O[C@@H]1c2c(ccc3cc(C(=O)O)c(=O)oc23)OC(C)(C)[C@@H]1OC(=O)C=C(C)C. The summed E-state index contributed by atoms with van der Waals surface area (Å²) in [6.07, 6.45) is 0.246. The maximum atomic E-state index is 12.6. The standard InChI is InChI=1S/C25H26O9/c1-12(2)9-17(26)31-21-19-16(34-25(5,6)22(21)32-18(27)10-13(3)4)8-7-14-11-15(23(28)29)24(30)33-20(14)19/h7-11,21-22H,1-6H3,(H,28,29)/t21-,22-/m1/s1. The predicted molar refractivity (Wildman–Crippen MR) is 122 cm³/mol. The molecule has 9 nitrogen and oxygen atoms in total. The number of carbonyl (C=O) groups excluding carboxylic acids is 2. The zero-order valence-corrected chi connectivity index (χ0v) is 19.8. The first-order chi connectivity index (χ1) is 15.8. The van der Waals surface area contributed by atoms with Crippen molar-refractivity contribution in [2.45, 2.75) is 59.4 Å². The van der Waals surface area contributed by atoms with Gasteiger partial charge in [0.05, 0.1) is 5.56 Å². The molecule has 9 heteroatoms. The normalized spacial score (nSPS) is 18.2. The van der Waals surface area contributed by atoms with Crippen molar-refractivity contribution in [3.05, 3.63) is 63.0 Å². The van der Waals surface area contributed by atoms with Crippen LogP contribution in [0, 0.1) is 0 Å². The summed E-state index contributed by atoms with van der Waals surface area (Å²) in [4.78, 5) is 48.9. The van der Waals surface area contributed by atoms with Crippen molar-refractivity contribution in [3.8, 4) is 5.75 Å². The Morgan fingerprint density at radius 1 is 1.00 bits per heavy atom. The Morgan fingerprint density at radius 2 is 1.59 bits per heavy atom. The molecule has 180 valence electrons. The third-order valence-corrected chi connectivity index (χ3v) is 5.05. The molecule has 1 aromatic heterocycles. The van der Waals surface area contributed by atoms with Gasteiger partial charge in [-0.05, 0) is 59.7 Å². The molecule has 2 atom stereocenters. The number of aromatic carboxylic acids is 1. The van der Waals surface area contributed by atoms with E-state index in [0.29, 0.717) is 11.1 Å². The lowest BCUT2D eigenvalue weighted by molar-refractivity contribution is -0.184. The monoisotopic (exact) mass is 470 g/mol. The molecule has 1 N–H and O–H groups in total. The van der Waals surface area contributed by atoms with E-state index < -0.39 is 46.9 Å². The van der Waals surface area contributed by atoms with Gasteiger partial charge in [0.25, 0.3) is 0 Å². The van der Waals surface area contributed by atoms with Crippen molar-refractivity contribution in [1.82, 2.24) is 0 Å². The average Bonchev–Trinajstić information content (AvgIpc) is 2.68. The van der Waals surface area contributed by atoms with Crippen molar-refractivity contribution in [1.29, 1.82) is 0 Å². The van der Waals surface area contributed by atoms with Gasteiger partial charge < -0.3 is 23.7 Å². The summed E-state index contributed by atoms with van der Waals surface area (Å²) in [5, 5.41) is 9.55. The molecule has 2 aromatic rings. The Hall–Kier alpha value is -3.88. The molecule has 0 aliphatic carbocycles. The highest BCUT2D eigenvalue weighted by Gasteiger charge is 2.50. The largest absolute Gasteiger partial charge is 0.483 e. The van der Waals surface area contributed by atoms with Gasteiger partial charge in [0.2, 0.25) is 0 Å². The van der Waals surface area contributed by atoms with Gasteiger partial charge in [-0.25, -0.2) is 19.2 Å². The number of benzene rings is 1. The van der Waals surface area contributed by atoms with Crippen LogP contribution in [0.2, 0.25) is 0 Å². The number of carboxylic acids is 1. The molecule has 0 amide bonds. The van der Waals surface area contributed by atoms with Crippen LogP contribution >= 0.6 is 0 Å². The zero-order valence-electron chi connectivity index (χ0n) is 19.8. The van der Waals surface area contributed by atoms with E-state index in [1.54, 1.807) is 47.6 Å². The van der Waals surface area contributed by atoms with E-state index in [4.69, 9.17) is 18.6 Å². The molecule has 2 heterocycles. The number of hydrogen-bond acceptors (Lipinski definition) is 8. The van der Waals surface area contributed by atoms with E-state index in [-0.39, 0.29) is 22.3 Å². The minimum absolute atomic E-state index is 0.0266. The molecule has 3 rings (SSSR count). The number of esters is 2. The molecule has 0 radical (unpaired) electrons. The summed E-state index contributed by atoms with van der Waals surface area (Å²) < 4.78 is 22.8. The molecule has 34 heavy (non-hydrogen) atoms. The van der Waals surface area contributed by atoms with E-state index in [0.717, 1.165) is 0 Å². The Labute approximate surface area is 195 Å². The molecule has 1 aliphatic heterocycles. The van der Waals surface area contributed by atoms with Crippen LogP contribution in [0.1, 0.15) is 63.6 Å². The first kappa shape index (κ1) is 24.8. The van der Waals surface area contributed by atoms with Crippen molar-refractivity contribution in [3.63, 3.8) is 0 Å². The van der Waals surface area contributed by atoms with Crippen molar-refractivity contribution >= 4 is 28.9 Å². The Bertz CT molecular complexity index is 1290. The lowest BCUT2D eigenvalue weighted by Crippen LogP contribution is -2.52. The van der Waals surface area contributed by atoms with Gasteiger partial charge in [-0.1, -0.05) is 11.1 Å². The number of hydrogen-bond donors (Lipinski definition) is 1. The molecule has 0 saturated heterocycles. The van der Waals surface area contributed by atoms with E-state index >= 15 is 0 Å². The molecule has 0 bridgehead atoms. The van der Waals surface area contributed by atoms with Gasteiger partial charge >= 0.3 is 23.5 Å². The predicted octanol–water partition coefficient (Wildman–Crippen LogP) is 4.09. The van der Waals surface area contributed by atoms with E-state index in [1.807, 2.05) is 0 Å². The van der Waals surface area contributed by atoms with Crippen LogP contribution in [0.5, 0.6) is 5.75 Å². The summed E-state index contributed by atoms with van der Waals surface area (Å²) in [5.74, 6) is -2.55. The minimum Gasteiger partial charge on any atom is -0.483 e. The van der Waals surface area contributed by atoms with E-state index in [2.05, 4.69) is 0 Å². The second-order valence-corrected chi connectivity index (χ2v) is 9.01. The average molecular weight is 470 g/mol. The molecule has 0 saturated carbocycles. The Morgan fingerprint density at radius 3 is 2.15 bits per heavy atom. The summed E-state index contributed by atoms with van der Waals surface area (Å²) in [6, 6.07) is 4.26. The quantitative estimate of drug-likeness (QED) is 0.390. The topological polar surface area (TPSA) is 129 Å². The van der Waals surface area contributed by atoms with Crippen LogP contribution < -0.4 is 10.4 Å². The van der Waals surface area contributed by atoms with E-state index in [9.17, 15) is 24.3 Å². The molecule has 0 spiro atoms. The highest BCUT2D eigenvalue weighted by Crippen LogP contribution is 2.46. The Kier molecular flexibility index (Phi) is 6.67. The number of carboxylic acid groups (broad SMARTS) is 1. The van der Waals surface area contributed by atoms with Gasteiger partial charge in [0.15, 0.2) is 12.2 Å². The van der Waals surface area contributed by atoms with Crippen LogP contribution in [0.4, 0.5) is 0 Å². The van der Waals surface area contributed by atoms with E-state index in [1.165, 1.54) is 24.3 Å². The lowest BCUT2D eigenvalue weighted by Gasteiger charge is -2.43. The number of fused-ring (bicyclic) bond motifs is 3. The van der Waals surface area contributed by atoms with Crippen molar-refractivity contribution in [2.24, 2.45) is 0 Å². The van der Waals surface area contributed by atoms with Gasteiger partial charge in [0, 0.05) is 17.5 Å². The first-order valence-corrected chi connectivity index (χ1v) is 10.5. The summed E-state index contributed by atoms with van der Waals surface area (Å²) >= 11 is 0. The van der Waals surface area contributed by atoms with Crippen LogP contribution in [0.25, 0.3) is 11.0 Å². The molecule has 1 aromatic carbocycles. The molecule has 0 unspecified atom stereocenters. The van der Waals surface area contributed by atoms with Gasteiger partial charge in [-0.3, -0.25) is 0 Å². The Balaban J connectivity index is 2.26. The maximum absolute atomic E-state index is 12.6. The third-order valence-electron chi connectivity index (χ3n) is 5.05. The lowest BCUT2D eigenvalue weighted by atomic mass is 9.87. The van der Waals surface area contributed by atoms with Crippen LogP contribution in [-0.4, -0.2) is 34.7 Å². The highest BCUT2D eigenvalue weighted by atomic mass is 16.6. The highest BCUT2D eigenvalue weighted by molar-refractivity contribution is 5.93. The smallest absolute Gasteiger partial charge is 0.351 e. The summed E-state index contributed by atoms with van der Waals surface area (Å²) in [7, 11) is 0. The number of carbonyl (C=O) groups is 3. The zero-order chi connectivity index (χ0) is 25.4. The summed E-state index contributed by atoms with van der Waals surface area (Å²) in [6.45, 7) is 10.2. The third kappa shape index (κ3) is 5.03. The van der Waals surface area contributed by atoms with Crippen molar-refractivity contribution < 1.29 is 38.1 Å². The van der Waals surface area contributed by atoms with Crippen LogP contribution in [-0.2, 0) is 19.1 Å². The minimum atomic E-state index is -1.44.